The van der Waals surface area contributed by atoms with Gasteiger partial charge in [-0.1, -0.05) is 0 Å². The first-order chi connectivity index (χ1) is 7.65. The van der Waals surface area contributed by atoms with Crippen LogP contribution in [0.15, 0.2) is 34.9 Å². The van der Waals surface area contributed by atoms with Gasteiger partial charge in [-0.05, 0) is 41.1 Å². The predicted molar refractivity (Wildman–Crippen MR) is 60.9 cm³/mol. The third-order valence-corrected chi connectivity index (χ3v) is 2.48. The Bertz CT molecular complexity index is 519. The highest BCUT2D eigenvalue weighted by molar-refractivity contribution is 9.10. The Hall–Kier alpha value is -1.49. The van der Waals surface area contributed by atoms with Gasteiger partial charge >= 0.3 is 0 Å². The molecule has 5 heteroatoms. The third-order valence-electron chi connectivity index (χ3n) is 1.86. The van der Waals surface area contributed by atoms with Crippen molar-refractivity contribution >= 4 is 15.9 Å². The fraction of sp³-hybridized carbons (Fsp3) is 0.0909. The Kier molecular flexibility index (Phi) is 3.14. The molecule has 1 aromatic heterocycles. The van der Waals surface area contributed by atoms with Crippen LogP contribution in [0.5, 0.6) is 11.6 Å². The van der Waals surface area contributed by atoms with E-state index in [1.165, 1.54) is 18.2 Å². The molecule has 0 radical (unpaired) electrons. The van der Waals surface area contributed by atoms with Crippen molar-refractivity contribution in [1.82, 2.24) is 9.97 Å². The van der Waals surface area contributed by atoms with Gasteiger partial charge in [0.25, 0.3) is 0 Å². The van der Waals surface area contributed by atoms with Gasteiger partial charge in [0.1, 0.15) is 17.4 Å². The number of aromatic nitrogens is 2. The number of hydrogen-bond acceptors (Lipinski definition) is 3. The Morgan fingerprint density at radius 3 is 2.81 bits per heavy atom. The number of hydrogen-bond donors (Lipinski definition) is 0. The molecule has 0 unspecified atom stereocenters. The summed E-state index contributed by atoms with van der Waals surface area (Å²) in [7, 11) is 0. The van der Waals surface area contributed by atoms with Crippen LogP contribution in [0, 0.1) is 12.7 Å². The average Bonchev–Trinajstić information content (AvgIpc) is 2.22. The minimum absolute atomic E-state index is 0.321. The number of ether oxygens (including phenoxy) is 1. The van der Waals surface area contributed by atoms with Gasteiger partial charge in [0.15, 0.2) is 0 Å². The van der Waals surface area contributed by atoms with Crippen molar-refractivity contribution in [2.45, 2.75) is 6.92 Å². The van der Waals surface area contributed by atoms with Crippen LogP contribution < -0.4 is 4.74 Å². The maximum atomic E-state index is 12.8. The minimum Gasteiger partial charge on any atom is -0.438 e. The van der Waals surface area contributed by atoms with E-state index >= 15 is 0 Å². The lowest BCUT2D eigenvalue weighted by Gasteiger charge is -2.06. The quantitative estimate of drug-likeness (QED) is 0.846. The average molecular weight is 283 g/mol. The van der Waals surface area contributed by atoms with E-state index in [2.05, 4.69) is 25.9 Å². The molecule has 0 N–H and O–H groups in total. The molecule has 2 rings (SSSR count). The molecule has 0 atom stereocenters. The van der Waals surface area contributed by atoms with Gasteiger partial charge in [0.05, 0.1) is 4.47 Å². The fourth-order valence-electron chi connectivity index (χ4n) is 1.16. The summed E-state index contributed by atoms with van der Waals surface area (Å²) in [6.07, 6.45) is 1.61. The summed E-state index contributed by atoms with van der Waals surface area (Å²) >= 11 is 3.21. The van der Waals surface area contributed by atoms with Gasteiger partial charge in [-0.3, -0.25) is 0 Å². The van der Waals surface area contributed by atoms with Crippen LogP contribution in [0.4, 0.5) is 4.39 Å². The smallest absolute Gasteiger partial charge is 0.222 e. The highest BCUT2D eigenvalue weighted by atomic mass is 79.9. The van der Waals surface area contributed by atoms with Crippen LogP contribution in [-0.2, 0) is 0 Å². The van der Waals surface area contributed by atoms with Crippen molar-refractivity contribution in [3.8, 4) is 11.6 Å². The first-order valence-corrected chi connectivity index (χ1v) is 5.37. The van der Waals surface area contributed by atoms with E-state index in [-0.39, 0.29) is 5.82 Å². The summed E-state index contributed by atoms with van der Waals surface area (Å²) < 4.78 is 18.9. The SMILES string of the molecule is Cc1nccc(Oc2ccc(F)cc2Br)n1. The topological polar surface area (TPSA) is 35.0 Å². The molecule has 0 aliphatic carbocycles. The van der Waals surface area contributed by atoms with Gasteiger partial charge in [-0.25, -0.2) is 9.37 Å². The number of halogens is 2. The summed E-state index contributed by atoms with van der Waals surface area (Å²) in [6, 6.07) is 5.84. The van der Waals surface area contributed by atoms with Crippen LogP contribution in [0.25, 0.3) is 0 Å². The van der Waals surface area contributed by atoms with Crippen LogP contribution in [-0.4, -0.2) is 9.97 Å². The molecule has 0 saturated carbocycles. The molecule has 0 aliphatic heterocycles. The van der Waals surface area contributed by atoms with Crippen molar-refractivity contribution in [3.05, 3.63) is 46.6 Å². The van der Waals surface area contributed by atoms with E-state index in [0.717, 1.165) is 0 Å². The second-order valence-corrected chi connectivity index (χ2v) is 3.97. The fourth-order valence-corrected chi connectivity index (χ4v) is 1.59. The van der Waals surface area contributed by atoms with E-state index in [1.54, 1.807) is 19.2 Å². The van der Waals surface area contributed by atoms with Crippen LogP contribution in [0.1, 0.15) is 5.82 Å². The summed E-state index contributed by atoms with van der Waals surface area (Å²) in [5.74, 6) is 1.24. The van der Waals surface area contributed by atoms with Crippen molar-refractivity contribution in [1.29, 1.82) is 0 Å². The summed E-state index contributed by atoms with van der Waals surface area (Å²) in [5, 5.41) is 0. The van der Waals surface area contributed by atoms with Crippen LogP contribution in [0.3, 0.4) is 0 Å². The van der Waals surface area contributed by atoms with E-state index in [9.17, 15) is 4.39 Å². The van der Waals surface area contributed by atoms with Crippen molar-refractivity contribution in [2.24, 2.45) is 0 Å². The zero-order chi connectivity index (χ0) is 11.5. The molecule has 0 aliphatic rings. The largest absolute Gasteiger partial charge is 0.438 e. The number of benzene rings is 1. The van der Waals surface area contributed by atoms with Gasteiger partial charge < -0.3 is 4.74 Å². The number of rotatable bonds is 2. The minimum atomic E-state index is -0.321. The van der Waals surface area contributed by atoms with Gasteiger partial charge in [-0.2, -0.15) is 4.98 Å². The third kappa shape index (κ3) is 2.55. The molecule has 2 aromatic rings. The van der Waals surface area contributed by atoms with Crippen molar-refractivity contribution in [2.75, 3.05) is 0 Å². The molecule has 0 fully saturated rings. The van der Waals surface area contributed by atoms with Crippen molar-refractivity contribution < 1.29 is 9.13 Å². The number of nitrogens with zero attached hydrogens (tertiary/aromatic N) is 2. The number of aryl methyl sites for hydroxylation is 1. The summed E-state index contributed by atoms with van der Waals surface area (Å²) in [5.41, 5.74) is 0. The molecule has 16 heavy (non-hydrogen) atoms. The van der Waals surface area contributed by atoms with Crippen LogP contribution >= 0.6 is 15.9 Å². The Morgan fingerprint density at radius 2 is 2.12 bits per heavy atom. The lowest BCUT2D eigenvalue weighted by atomic mass is 10.3. The summed E-state index contributed by atoms with van der Waals surface area (Å²) in [6.45, 7) is 1.77. The first-order valence-electron chi connectivity index (χ1n) is 4.58. The first kappa shape index (κ1) is 11.0. The molecular formula is C11H8BrFN2O. The molecule has 3 nitrogen and oxygen atoms in total. The molecule has 1 heterocycles. The lowest BCUT2D eigenvalue weighted by molar-refractivity contribution is 0.455. The molecule has 0 bridgehead atoms. The van der Waals surface area contributed by atoms with E-state index < -0.39 is 0 Å². The lowest BCUT2D eigenvalue weighted by Crippen LogP contribution is -1.92. The predicted octanol–water partition coefficient (Wildman–Crippen LogP) is 3.48. The maximum absolute atomic E-state index is 12.8. The molecule has 0 saturated heterocycles. The van der Waals surface area contributed by atoms with Gasteiger partial charge in [0, 0.05) is 12.3 Å². The zero-order valence-corrected chi connectivity index (χ0v) is 10.0. The maximum Gasteiger partial charge on any atom is 0.222 e. The van der Waals surface area contributed by atoms with Gasteiger partial charge in [0.2, 0.25) is 5.88 Å². The second kappa shape index (κ2) is 4.57. The molecule has 82 valence electrons. The van der Waals surface area contributed by atoms with E-state index in [0.29, 0.717) is 21.9 Å². The Labute approximate surface area is 100 Å². The van der Waals surface area contributed by atoms with E-state index in [4.69, 9.17) is 4.74 Å². The van der Waals surface area contributed by atoms with Gasteiger partial charge in [-0.15, -0.1) is 0 Å². The standard InChI is InChI=1S/C11H8BrFN2O/c1-7-14-5-4-11(15-7)16-10-3-2-8(13)6-9(10)12/h2-6H,1H3. The normalized spacial score (nSPS) is 10.2. The summed E-state index contributed by atoms with van der Waals surface area (Å²) in [4.78, 5) is 8.04. The van der Waals surface area contributed by atoms with Crippen molar-refractivity contribution in [3.63, 3.8) is 0 Å². The molecule has 0 amide bonds. The molecule has 0 spiro atoms. The monoisotopic (exact) mass is 282 g/mol. The Morgan fingerprint density at radius 1 is 1.31 bits per heavy atom. The Balaban J connectivity index is 2.27. The highest BCUT2D eigenvalue weighted by Gasteiger charge is 2.05. The molecular weight excluding hydrogens is 275 g/mol. The zero-order valence-electron chi connectivity index (χ0n) is 8.45. The van der Waals surface area contributed by atoms with Crippen LogP contribution in [0.2, 0.25) is 0 Å². The highest BCUT2D eigenvalue weighted by Crippen LogP contribution is 2.28. The molecule has 1 aromatic carbocycles. The van der Waals surface area contributed by atoms with E-state index in [1.807, 2.05) is 0 Å². The second-order valence-electron chi connectivity index (χ2n) is 3.12.